The van der Waals surface area contributed by atoms with Crippen molar-refractivity contribution in [3.63, 3.8) is 0 Å². The number of hydrogen-bond donors (Lipinski definition) is 1. The molecule has 3 rings (SSSR count). The van der Waals surface area contributed by atoms with Crippen LogP contribution >= 0.6 is 0 Å². The first-order chi connectivity index (χ1) is 12.0. The fourth-order valence-corrected chi connectivity index (χ4v) is 4.05. The summed E-state index contributed by atoms with van der Waals surface area (Å²) in [6.07, 6.45) is 4.40. The molecule has 0 saturated carbocycles. The smallest absolute Gasteiger partial charge is 0.219 e. The second kappa shape index (κ2) is 7.95. The first kappa shape index (κ1) is 17.9. The van der Waals surface area contributed by atoms with Gasteiger partial charge in [0.2, 0.25) is 11.8 Å². The molecule has 3 heterocycles. The third-order valence-electron chi connectivity index (χ3n) is 5.36. The lowest BCUT2D eigenvalue weighted by Gasteiger charge is -2.39. The Bertz CT molecular complexity index is 626. The number of nitrogens with zero attached hydrogens (tertiary/aromatic N) is 3. The van der Waals surface area contributed by atoms with E-state index < -0.39 is 0 Å². The Morgan fingerprint density at radius 2 is 1.92 bits per heavy atom. The molecular weight excluding hydrogens is 316 g/mol. The van der Waals surface area contributed by atoms with Gasteiger partial charge in [-0.1, -0.05) is 6.07 Å². The summed E-state index contributed by atoms with van der Waals surface area (Å²) in [5, 5.41) is 2.82. The maximum absolute atomic E-state index is 11.5. The van der Waals surface area contributed by atoms with Gasteiger partial charge in [-0.3, -0.25) is 19.5 Å². The molecular formula is C19H28N4O2. The molecule has 0 spiro atoms. The van der Waals surface area contributed by atoms with Gasteiger partial charge in [0.25, 0.3) is 0 Å². The summed E-state index contributed by atoms with van der Waals surface area (Å²) in [5.41, 5.74) is 2.01. The number of carbonyl (C=O) groups is 2. The highest BCUT2D eigenvalue weighted by Crippen LogP contribution is 2.35. The van der Waals surface area contributed by atoms with Gasteiger partial charge in [-0.25, -0.2) is 0 Å². The molecule has 1 atom stereocenters. The van der Waals surface area contributed by atoms with Crippen LogP contribution in [0.5, 0.6) is 0 Å². The zero-order valence-electron chi connectivity index (χ0n) is 15.2. The molecule has 25 heavy (non-hydrogen) atoms. The minimum absolute atomic E-state index is 0.0353. The van der Waals surface area contributed by atoms with Crippen LogP contribution in [0, 0.1) is 0 Å². The van der Waals surface area contributed by atoms with Gasteiger partial charge in [-0.2, -0.15) is 0 Å². The molecule has 136 valence electrons. The van der Waals surface area contributed by atoms with Crippen LogP contribution in [0.25, 0.3) is 0 Å². The third kappa shape index (κ3) is 4.37. The Morgan fingerprint density at radius 3 is 2.60 bits per heavy atom. The second-order valence-corrected chi connectivity index (χ2v) is 7.10. The molecule has 1 aromatic rings. The number of piperidine rings is 1. The lowest BCUT2D eigenvalue weighted by molar-refractivity contribution is -0.130. The summed E-state index contributed by atoms with van der Waals surface area (Å²) in [7, 11) is 0. The zero-order valence-corrected chi connectivity index (χ0v) is 15.2. The van der Waals surface area contributed by atoms with Crippen molar-refractivity contribution in [2.45, 2.75) is 58.2 Å². The van der Waals surface area contributed by atoms with Crippen LogP contribution in [0.15, 0.2) is 18.2 Å². The molecule has 0 radical (unpaired) electrons. The van der Waals surface area contributed by atoms with Crippen molar-refractivity contribution in [1.29, 1.82) is 0 Å². The monoisotopic (exact) mass is 344 g/mol. The van der Waals surface area contributed by atoms with Crippen LogP contribution in [0.2, 0.25) is 0 Å². The van der Waals surface area contributed by atoms with Crippen LogP contribution in [-0.4, -0.2) is 52.3 Å². The van der Waals surface area contributed by atoms with Crippen LogP contribution in [-0.2, 0) is 16.1 Å². The quantitative estimate of drug-likeness (QED) is 0.905. The zero-order chi connectivity index (χ0) is 17.8. The van der Waals surface area contributed by atoms with Crippen molar-refractivity contribution in [3.05, 3.63) is 29.6 Å². The Balaban J connectivity index is 1.66. The van der Waals surface area contributed by atoms with Gasteiger partial charge in [-0.15, -0.1) is 0 Å². The first-order valence-corrected chi connectivity index (χ1v) is 9.26. The lowest BCUT2D eigenvalue weighted by Crippen LogP contribution is -2.46. The SMILES string of the molecule is CC(=O)NCc1cccc([C@@H]2CCCN2C2CCN(C(C)=O)CC2)n1. The number of likely N-dealkylation sites (tertiary alicyclic amines) is 2. The van der Waals surface area contributed by atoms with Gasteiger partial charge in [0.1, 0.15) is 0 Å². The molecule has 1 aromatic heterocycles. The van der Waals surface area contributed by atoms with E-state index in [4.69, 9.17) is 4.98 Å². The maximum Gasteiger partial charge on any atom is 0.219 e. The van der Waals surface area contributed by atoms with Gasteiger partial charge in [-0.05, 0) is 44.4 Å². The fraction of sp³-hybridized carbons (Fsp3) is 0.632. The largest absolute Gasteiger partial charge is 0.351 e. The Labute approximate surface area is 149 Å². The van der Waals surface area contributed by atoms with Crippen molar-refractivity contribution in [3.8, 4) is 0 Å². The summed E-state index contributed by atoms with van der Waals surface area (Å²) < 4.78 is 0. The van der Waals surface area contributed by atoms with E-state index in [1.165, 1.54) is 13.3 Å². The van der Waals surface area contributed by atoms with Crippen LogP contribution in [0.3, 0.4) is 0 Å². The van der Waals surface area contributed by atoms with Gasteiger partial charge < -0.3 is 10.2 Å². The van der Waals surface area contributed by atoms with Gasteiger partial charge in [0, 0.05) is 33.0 Å². The van der Waals surface area contributed by atoms with E-state index in [2.05, 4.69) is 16.3 Å². The molecule has 6 nitrogen and oxygen atoms in total. The van der Waals surface area contributed by atoms with E-state index >= 15 is 0 Å². The van der Waals surface area contributed by atoms with Crippen molar-refractivity contribution < 1.29 is 9.59 Å². The minimum atomic E-state index is -0.0353. The Hall–Kier alpha value is -1.95. The first-order valence-electron chi connectivity index (χ1n) is 9.26. The number of amides is 2. The van der Waals surface area contributed by atoms with Gasteiger partial charge in [0.15, 0.2) is 0 Å². The number of aromatic nitrogens is 1. The van der Waals surface area contributed by atoms with Crippen LogP contribution in [0.4, 0.5) is 0 Å². The molecule has 0 aromatic carbocycles. The normalized spacial score (nSPS) is 22.2. The number of pyridine rings is 1. The third-order valence-corrected chi connectivity index (χ3v) is 5.36. The Kier molecular flexibility index (Phi) is 5.68. The number of nitrogens with one attached hydrogen (secondary N) is 1. The summed E-state index contributed by atoms with van der Waals surface area (Å²) in [6.45, 7) is 6.48. The average molecular weight is 344 g/mol. The Morgan fingerprint density at radius 1 is 1.16 bits per heavy atom. The van der Waals surface area contributed by atoms with Crippen LogP contribution in [0.1, 0.15) is 57.0 Å². The molecule has 2 amide bonds. The van der Waals surface area contributed by atoms with Crippen molar-refractivity contribution in [2.24, 2.45) is 0 Å². The topological polar surface area (TPSA) is 65.5 Å². The van der Waals surface area contributed by atoms with Crippen molar-refractivity contribution >= 4 is 11.8 Å². The average Bonchev–Trinajstić information content (AvgIpc) is 3.10. The van der Waals surface area contributed by atoms with Crippen LogP contribution < -0.4 is 5.32 Å². The van der Waals surface area contributed by atoms with Gasteiger partial charge >= 0.3 is 0 Å². The molecule has 2 saturated heterocycles. The molecule has 6 heteroatoms. The van der Waals surface area contributed by atoms with E-state index in [1.807, 2.05) is 17.0 Å². The van der Waals surface area contributed by atoms with E-state index in [9.17, 15) is 9.59 Å². The highest BCUT2D eigenvalue weighted by Gasteiger charge is 2.34. The predicted octanol–water partition coefficient (Wildman–Crippen LogP) is 1.87. The maximum atomic E-state index is 11.5. The second-order valence-electron chi connectivity index (χ2n) is 7.10. The molecule has 0 aliphatic carbocycles. The van der Waals surface area contributed by atoms with Crippen molar-refractivity contribution in [1.82, 2.24) is 20.1 Å². The lowest BCUT2D eigenvalue weighted by atomic mass is 10.0. The standard InChI is InChI=1S/C19H28N4O2/c1-14(24)20-13-16-5-3-6-18(21-16)19-7-4-10-23(19)17-8-11-22(12-9-17)15(2)25/h3,5-6,17,19H,4,7-13H2,1-2H3,(H,20,24)/t19-/m0/s1. The number of hydrogen-bond acceptors (Lipinski definition) is 4. The molecule has 2 aliphatic heterocycles. The summed E-state index contributed by atoms with van der Waals surface area (Å²) in [4.78, 5) is 32.0. The molecule has 0 bridgehead atoms. The highest BCUT2D eigenvalue weighted by atomic mass is 16.2. The number of rotatable bonds is 4. The van der Waals surface area contributed by atoms with E-state index in [0.29, 0.717) is 18.6 Å². The number of carbonyl (C=O) groups excluding carboxylic acids is 2. The molecule has 1 N–H and O–H groups in total. The van der Waals surface area contributed by atoms with Gasteiger partial charge in [0.05, 0.1) is 24.0 Å². The van der Waals surface area contributed by atoms with Crippen molar-refractivity contribution in [2.75, 3.05) is 19.6 Å². The fourth-order valence-electron chi connectivity index (χ4n) is 4.05. The van der Waals surface area contributed by atoms with E-state index in [0.717, 1.165) is 50.3 Å². The summed E-state index contributed by atoms with van der Waals surface area (Å²) >= 11 is 0. The minimum Gasteiger partial charge on any atom is -0.351 e. The summed E-state index contributed by atoms with van der Waals surface area (Å²) in [5.74, 6) is 0.149. The highest BCUT2D eigenvalue weighted by molar-refractivity contribution is 5.73. The van der Waals surface area contributed by atoms with E-state index in [1.54, 1.807) is 6.92 Å². The summed E-state index contributed by atoms with van der Waals surface area (Å²) in [6, 6.07) is 6.98. The van der Waals surface area contributed by atoms with E-state index in [-0.39, 0.29) is 11.8 Å². The molecule has 2 fully saturated rings. The predicted molar refractivity (Wildman–Crippen MR) is 95.7 cm³/mol. The molecule has 2 aliphatic rings. The molecule has 0 unspecified atom stereocenters.